The molecular weight excluding hydrogens is 218 g/mol. The normalized spacial score (nSPS) is 25.1. The number of carboxylic acids is 1. The van der Waals surface area contributed by atoms with Gasteiger partial charge in [0.05, 0.1) is 18.1 Å². The van der Waals surface area contributed by atoms with Crippen molar-refractivity contribution in [3.05, 3.63) is 0 Å². The van der Waals surface area contributed by atoms with Crippen LogP contribution < -0.4 is 5.32 Å². The number of ether oxygens (including phenoxy) is 1. The van der Waals surface area contributed by atoms with E-state index < -0.39 is 5.97 Å². The van der Waals surface area contributed by atoms with Crippen LogP contribution in [0.15, 0.2) is 0 Å². The van der Waals surface area contributed by atoms with Crippen molar-refractivity contribution >= 4 is 5.97 Å². The fourth-order valence-corrected chi connectivity index (χ4v) is 2.32. The first-order chi connectivity index (χ1) is 7.90. The summed E-state index contributed by atoms with van der Waals surface area (Å²) in [6.45, 7) is 8.36. The van der Waals surface area contributed by atoms with Gasteiger partial charge in [-0.2, -0.15) is 0 Å². The number of rotatable bonds is 6. The molecule has 17 heavy (non-hydrogen) atoms. The number of carbonyl (C=O) groups is 1. The van der Waals surface area contributed by atoms with E-state index in [9.17, 15) is 4.79 Å². The molecule has 0 spiro atoms. The largest absolute Gasteiger partial charge is 0.481 e. The average molecular weight is 243 g/mol. The SMILES string of the molecule is CC(C)(C)OCCNCC1CCCC1C(=O)O. The Bertz CT molecular complexity index is 248. The molecule has 4 heteroatoms. The molecule has 0 amide bonds. The van der Waals surface area contributed by atoms with Gasteiger partial charge in [0.25, 0.3) is 0 Å². The monoisotopic (exact) mass is 243 g/mol. The Kier molecular flexibility index (Phi) is 5.40. The van der Waals surface area contributed by atoms with Crippen LogP contribution in [-0.4, -0.2) is 36.4 Å². The van der Waals surface area contributed by atoms with Crippen LogP contribution >= 0.6 is 0 Å². The Labute approximate surface area is 104 Å². The third kappa shape index (κ3) is 5.50. The van der Waals surface area contributed by atoms with Gasteiger partial charge in [-0.1, -0.05) is 6.42 Å². The number of carboxylic acid groups (broad SMARTS) is 1. The fourth-order valence-electron chi connectivity index (χ4n) is 2.32. The van der Waals surface area contributed by atoms with Gasteiger partial charge < -0.3 is 15.2 Å². The molecule has 1 aliphatic carbocycles. The van der Waals surface area contributed by atoms with Crippen LogP contribution in [0.1, 0.15) is 40.0 Å². The summed E-state index contributed by atoms with van der Waals surface area (Å²) in [5.41, 5.74) is -0.0986. The van der Waals surface area contributed by atoms with Crippen molar-refractivity contribution in [2.24, 2.45) is 11.8 Å². The first-order valence-corrected chi connectivity index (χ1v) is 6.47. The van der Waals surface area contributed by atoms with Gasteiger partial charge in [-0.05, 0) is 46.1 Å². The second-order valence-electron chi connectivity index (χ2n) is 5.80. The van der Waals surface area contributed by atoms with Gasteiger partial charge in [0.15, 0.2) is 0 Å². The molecule has 0 aromatic carbocycles. The average Bonchev–Trinajstić information content (AvgIpc) is 2.63. The van der Waals surface area contributed by atoms with E-state index in [1.54, 1.807) is 0 Å². The lowest BCUT2D eigenvalue weighted by Crippen LogP contribution is -2.32. The molecule has 2 atom stereocenters. The topological polar surface area (TPSA) is 58.6 Å². The van der Waals surface area contributed by atoms with Crippen molar-refractivity contribution in [3.8, 4) is 0 Å². The van der Waals surface area contributed by atoms with Crippen LogP contribution in [0.3, 0.4) is 0 Å². The van der Waals surface area contributed by atoms with Crippen molar-refractivity contribution < 1.29 is 14.6 Å². The zero-order valence-corrected chi connectivity index (χ0v) is 11.2. The van der Waals surface area contributed by atoms with Gasteiger partial charge in [-0.25, -0.2) is 0 Å². The van der Waals surface area contributed by atoms with Crippen molar-refractivity contribution in [1.29, 1.82) is 0 Å². The molecule has 0 heterocycles. The molecule has 1 fully saturated rings. The summed E-state index contributed by atoms with van der Waals surface area (Å²) in [6.07, 6.45) is 2.91. The molecule has 0 bridgehead atoms. The molecule has 1 aliphatic rings. The second-order valence-corrected chi connectivity index (χ2v) is 5.80. The molecule has 1 rings (SSSR count). The molecule has 4 nitrogen and oxygen atoms in total. The first-order valence-electron chi connectivity index (χ1n) is 6.47. The van der Waals surface area contributed by atoms with Gasteiger partial charge in [0, 0.05) is 6.54 Å². The van der Waals surface area contributed by atoms with Gasteiger partial charge in [0.1, 0.15) is 0 Å². The van der Waals surface area contributed by atoms with Gasteiger partial charge in [-0.15, -0.1) is 0 Å². The van der Waals surface area contributed by atoms with Gasteiger partial charge in [-0.3, -0.25) is 4.79 Å². The molecule has 0 aromatic heterocycles. The molecular formula is C13H25NO3. The smallest absolute Gasteiger partial charge is 0.306 e. The van der Waals surface area contributed by atoms with Crippen LogP contribution in [0.5, 0.6) is 0 Å². The molecule has 1 saturated carbocycles. The van der Waals surface area contributed by atoms with Gasteiger partial charge in [0.2, 0.25) is 0 Å². The van der Waals surface area contributed by atoms with E-state index in [0.29, 0.717) is 12.5 Å². The van der Waals surface area contributed by atoms with Crippen LogP contribution in [0.4, 0.5) is 0 Å². The van der Waals surface area contributed by atoms with Crippen LogP contribution in [-0.2, 0) is 9.53 Å². The van der Waals surface area contributed by atoms with Crippen LogP contribution in [0.25, 0.3) is 0 Å². The highest BCUT2D eigenvalue weighted by atomic mass is 16.5. The Balaban J connectivity index is 2.12. The number of nitrogens with one attached hydrogen (secondary N) is 1. The highest BCUT2D eigenvalue weighted by molar-refractivity contribution is 5.70. The molecule has 0 radical (unpaired) electrons. The minimum atomic E-state index is -0.639. The summed E-state index contributed by atoms with van der Waals surface area (Å²) in [6, 6.07) is 0. The summed E-state index contributed by atoms with van der Waals surface area (Å²) < 4.78 is 5.59. The maximum atomic E-state index is 11.0. The van der Waals surface area contributed by atoms with Crippen molar-refractivity contribution in [2.75, 3.05) is 19.7 Å². The summed E-state index contributed by atoms with van der Waals surface area (Å²) in [7, 11) is 0. The Morgan fingerprint density at radius 1 is 1.41 bits per heavy atom. The molecule has 0 aromatic rings. The standard InChI is InChI=1S/C13H25NO3/c1-13(2,3)17-8-7-14-9-10-5-4-6-11(10)12(15)16/h10-11,14H,4-9H2,1-3H3,(H,15,16). The van der Waals surface area contributed by atoms with E-state index in [1.807, 2.05) is 20.8 Å². The first kappa shape index (κ1) is 14.5. The summed E-state index contributed by atoms with van der Waals surface area (Å²) in [5, 5.41) is 12.3. The van der Waals surface area contributed by atoms with Crippen molar-refractivity contribution in [1.82, 2.24) is 5.32 Å². The Morgan fingerprint density at radius 3 is 2.71 bits per heavy atom. The Morgan fingerprint density at radius 2 is 2.12 bits per heavy atom. The zero-order chi connectivity index (χ0) is 12.9. The number of hydrogen-bond acceptors (Lipinski definition) is 3. The molecule has 0 aliphatic heterocycles. The quantitative estimate of drug-likeness (QED) is 0.699. The number of hydrogen-bond donors (Lipinski definition) is 2. The predicted molar refractivity (Wildman–Crippen MR) is 67.0 cm³/mol. The fraction of sp³-hybridized carbons (Fsp3) is 0.923. The summed E-state index contributed by atoms with van der Waals surface area (Å²) in [4.78, 5) is 11.0. The van der Waals surface area contributed by atoms with E-state index in [-0.39, 0.29) is 11.5 Å². The highest BCUT2D eigenvalue weighted by Gasteiger charge is 2.32. The van der Waals surface area contributed by atoms with Crippen LogP contribution in [0, 0.1) is 11.8 Å². The van der Waals surface area contributed by atoms with Gasteiger partial charge >= 0.3 is 5.97 Å². The predicted octanol–water partition coefficient (Wildman–Crippen LogP) is 1.89. The van der Waals surface area contributed by atoms with Crippen molar-refractivity contribution in [3.63, 3.8) is 0 Å². The van der Waals surface area contributed by atoms with Crippen LogP contribution in [0.2, 0.25) is 0 Å². The highest BCUT2D eigenvalue weighted by Crippen LogP contribution is 2.31. The lowest BCUT2D eigenvalue weighted by atomic mass is 9.96. The summed E-state index contributed by atoms with van der Waals surface area (Å²) in [5.74, 6) is -0.492. The molecule has 100 valence electrons. The van der Waals surface area contributed by atoms with E-state index in [2.05, 4.69) is 5.32 Å². The van der Waals surface area contributed by atoms with E-state index in [4.69, 9.17) is 9.84 Å². The third-order valence-corrected chi connectivity index (χ3v) is 3.20. The zero-order valence-electron chi connectivity index (χ0n) is 11.2. The maximum Gasteiger partial charge on any atom is 0.306 e. The maximum absolute atomic E-state index is 11.0. The summed E-state index contributed by atoms with van der Waals surface area (Å²) >= 11 is 0. The van der Waals surface area contributed by atoms with E-state index >= 15 is 0 Å². The molecule has 2 unspecified atom stereocenters. The minimum absolute atomic E-state index is 0.0986. The minimum Gasteiger partial charge on any atom is -0.481 e. The Hall–Kier alpha value is -0.610. The third-order valence-electron chi connectivity index (χ3n) is 3.20. The van der Waals surface area contributed by atoms with E-state index in [0.717, 1.165) is 32.4 Å². The van der Waals surface area contributed by atoms with Crippen molar-refractivity contribution in [2.45, 2.75) is 45.6 Å². The lowest BCUT2D eigenvalue weighted by molar-refractivity contribution is -0.142. The number of aliphatic carboxylic acids is 1. The lowest BCUT2D eigenvalue weighted by Gasteiger charge is -2.20. The molecule has 0 saturated heterocycles. The van der Waals surface area contributed by atoms with E-state index in [1.165, 1.54) is 0 Å². The second kappa shape index (κ2) is 6.36. The molecule has 2 N–H and O–H groups in total.